The van der Waals surface area contributed by atoms with Gasteiger partial charge in [-0.25, -0.2) is 0 Å². The number of nitrogens with zero attached hydrogens (tertiary/aromatic N) is 2. The van der Waals surface area contributed by atoms with E-state index < -0.39 is 0 Å². The maximum absolute atomic E-state index is 13.1. The minimum atomic E-state index is -0.233. The van der Waals surface area contributed by atoms with Crippen LogP contribution < -0.4 is 15.0 Å². The number of carbonyl (C=O) groups excluding carboxylic acids is 2. The number of hydrogen-bond donors (Lipinski definition) is 1. The number of piperazine rings is 1. The predicted molar refractivity (Wildman–Crippen MR) is 159 cm³/mol. The molecule has 4 aromatic rings. The van der Waals surface area contributed by atoms with E-state index in [2.05, 4.69) is 17.1 Å². The zero-order valence-corrected chi connectivity index (χ0v) is 23.1. The first-order valence-electron chi connectivity index (χ1n) is 13.0. The lowest BCUT2D eigenvalue weighted by atomic mass is 10.0. The zero-order chi connectivity index (χ0) is 27.4. The summed E-state index contributed by atoms with van der Waals surface area (Å²) in [6.45, 7) is 5.21. The van der Waals surface area contributed by atoms with Crippen LogP contribution in [-0.4, -0.2) is 49.5 Å². The van der Waals surface area contributed by atoms with Gasteiger partial charge in [-0.2, -0.15) is 0 Å². The molecule has 0 spiro atoms. The van der Waals surface area contributed by atoms with E-state index in [1.165, 1.54) is 0 Å². The van der Waals surface area contributed by atoms with Gasteiger partial charge < -0.3 is 19.9 Å². The van der Waals surface area contributed by atoms with Gasteiger partial charge in [-0.3, -0.25) is 9.59 Å². The number of rotatable bonds is 7. The summed E-state index contributed by atoms with van der Waals surface area (Å²) >= 11 is 13.0. The average Bonchev–Trinajstić information content (AvgIpc) is 2.96. The summed E-state index contributed by atoms with van der Waals surface area (Å²) in [6.07, 6.45) is 0.938. The Balaban J connectivity index is 1.21. The van der Waals surface area contributed by atoms with Crippen LogP contribution in [0.5, 0.6) is 5.75 Å². The number of anilines is 2. The molecule has 0 bridgehead atoms. The molecule has 1 saturated heterocycles. The highest BCUT2D eigenvalue weighted by Gasteiger charge is 2.24. The van der Waals surface area contributed by atoms with Crippen LogP contribution in [0.15, 0.2) is 78.9 Å². The first-order chi connectivity index (χ1) is 18.9. The highest BCUT2D eigenvalue weighted by Crippen LogP contribution is 2.31. The van der Waals surface area contributed by atoms with E-state index in [-0.39, 0.29) is 11.8 Å². The lowest BCUT2D eigenvalue weighted by Gasteiger charge is -2.36. The summed E-state index contributed by atoms with van der Waals surface area (Å²) in [7, 11) is 0. The third-order valence-electron chi connectivity index (χ3n) is 6.80. The van der Waals surface area contributed by atoms with E-state index in [9.17, 15) is 9.59 Å². The smallest absolute Gasteiger partial charge is 0.256 e. The maximum Gasteiger partial charge on any atom is 0.256 e. The Morgan fingerprint density at radius 2 is 1.56 bits per heavy atom. The fourth-order valence-corrected chi connectivity index (χ4v) is 5.29. The Kier molecular flexibility index (Phi) is 8.24. The predicted octanol–water partition coefficient (Wildman–Crippen LogP) is 7.15. The van der Waals surface area contributed by atoms with Crippen LogP contribution in [0.2, 0.25) is 10.0 Å². The summed E-state index contributed by atoms with van der Waals surface area (Å²) in [6, 6.07) is 23.8. The average molecular weight is 562 g/mol. The lowest BCUT2D eigenvalue weighted by Crippen LogP contribution is -2.48. The molecule has 4 aromatic carbocycles. The van der Waals surface area contributed by atoms with Crippen molar-refractivity contribution in [3.05, 3.63) is 100 Å². The molecular formula is C31H29Cl2N3O3. The highest BCUT2D eigenvalue weighted by molar-refractivity contribution is 6.36. The second kappa shape index (κ2) is 12.0. The van der Waals surface area contributed by atoms with E-state index in [4.69, 9.17) is 27.9 Å². The SMILES string of the molecule is CCCOc1ccc(C(=O)N2CCN(c3ccc(NC(=O)c4cccc5c(Cl)cccc45)cc3Cl)CC2)cc1. The van der Waals surface area contributed by atoms with Gasteiger partial charge in [0.1, 0.15) is 5.75 Å². The summed E-state index contributed by atoms with van der Waals surface area (Å²) in [5.74, 6) is 0.549. The number of ether oxygens (including phenoxy) is 1. The molecule has 5 rings (SSSR count). The molecule has 1 heterocycles. The highest BCUT2D eigenvalue weighted by atomic mass is 35.5. The molecule has 0 aliphatic carbocycles. The molecule has 0 aromatic heterocycles. The second-order valence-corrected chi connectivity index (χ2v) is 10.2. The normalized spacial score (nSPS) is 13.4. The second-order valence-electron chi connectivity index (χ2n) is 9.41. The molecule has 1 aliphatic heterocycles. The summed E-state index contributed by atoms with van der Waals surface area (Å²) < 4.78 is 5.61. The number of nitrogens with one attached hydrogen (secondary N) is 1. The number of amides is 2. The van der Waals surface area contributed by atoms with Crippen molar-refractivity contribution in [1.29, 1.82) is 0 Å². The van der Waals surface area contributed by atoms with Crippen LogP contribution in [-0.2, 0) is 0 Å². The van der Waals surface area contributed by atoms with Crippen molar-refractivity contribution in [2.24, 2.45) is 0 Å². The Labute approximate surface area is 238 Å². The quantitative estimate of drug-likeness (QED) is 0.260. The molecular weight excluding hydrogens is 533 g/mol. The molecule has 1 N–H and O–H groups in total. The van der Waals surface area contributed by atoms with Gasteiger partial charge in [0.05, 0.1) is 17.3 Å². The first-order valence-corrected chi connectivity index (χ1v) is 13.8. The summed E-state index contributed by atoms with van der Waals surface area (Å²) in [4.78, 5) is 30.1. The van der Waals surface area contributed by atoms with E-state index in [1.807, 2.05) is 65.6 Å². The van der Waals surface area contributed by atoms with Gasteiger partial charge >= 0.3 is 0 Å². The minimum Gasteiger partial charge on any atom is -0.494 e. The van der Waals surface area contributed by atoms with Gasteiger partial charge in [-0.15, -0.1) is 0 Å². The molecule has 0 atom stereocenters. The summed E-state index contributed by atoms with van der Waals surface area (Å²) in [5, 5.41) is 5.71. The Morgan fingerprint density at radius 1 is 0.846 bits per heavy atom. The first kappa shape index (κ1) is 26.9. The van der Waals surface area contributed by atoms with Crippen LogP contribution in [0.25, 0.3) is 10.8 Å². The monoisotopic (exact) mass is 561 g/mol. The molecule has 39 heavy (non-hydrogen) atoms. The Hall–Kier alpha value is -3.74. The van der Waals surface area contributed by atoms with Gasteiger partial charge in [0.15, 0.2) is 0 Å². The number of carbonyl (C=O) groups is 2. The largest absolute Gasteiger partial charge is 0.494 e. The van der Waals surface area contributed by atoms with E-state index in [1.54, 1.807) is 18.2 Å². The van der Waals surface area contributed by atoms with Crippen molar-refractivity contribution < 1.29 is 14.3 Å². The van der Waals surface area contributed by atoms with Crippen LogP contribution in [0.3, 0.4) is 0 Å². The van der Waals surface area contributed by atoms with Crippen LogP contribution in [0, 0.1) is 0 Å². The van der Waals surface area contributed by atoms with Crippen LogP contribution in [0.1, 0.15) is 34.1 Å². The topological polar surface area (TPSA) is 61.9 Å². The van der Waals surface area contributed by atoms with Crippen LogP contribution in [0.4, 0.5) is 11.4 Å². The fourth-order valence-electron chi connectivity index (χ4n) is 4.76. The van der Waals surface area contributed by atoms with Crippen molar-refractivity contribution in [2.45, 2.75) is 13.3 Å². The standard InChI is InChI=1S/C31H29Cl2N3O3/c1-2-19-39-23-12-9-21(10-13-23)31(38)36-17-15-35(16-18-36)29-14-11-22(20-28(29)33)34-30(37)26-7-3-6-25-24(26)5-4-8-27(25)32/h3-14,20H,2,15-19H2,1H3,(H,34,37). The molecule has 1 fully saturated rings. The van der Waals surface area contributed by atoms with E-state index >= 15 is 0 Å². The summed E-state index contributed by atoms with van der Waals surface area (Å²) in [5.41, 5.74) is 2.67. The number of fused-ring (bicyclic) bond motifs is 1. The molecule has 0 saturated carbocycles. The van der Waals surface area contributed by atoms with Gasteiger partial charge in [0, 0.05) is 53.4 Å². The molecule has 8 heteroatoms. The van der Waals surface area contributed by atoms with Gasteiger partial charge in [-0.1, -0.05) is 54.4 Å². The zero-order valence-electron chi connectivity index (χ0n) is 21.6. The van der Waals surface area contributed by atoms with E-state index in [0.29, 0.717) is 59.6 Å². The molecule has 0 unspecified atom stereocenters. The molecule has 0 radical (unpaired) electrons. The van der Waals surface area contributed by atoms with Crippen molar-refractivity contribution in [1.82, 2.24) is 4.90 Å². The maximum atomic E-state index is 13.1. The number of hydrogen-bond acceptors (Lipinski definition) is 4. The van der Waals surface area contributed by atoms with Gasteiger partial charge in [0.25, 0.3) is 11.8 Å². The fraction of sp³-hybridized carbons (Fsp3) is 0.226. The van der Waals surface area contributed by atoms with Gasteiger partial charge in [0.2, 0.25) is 0 Å². The third kappa shape index (κ3) is 5.97. The molecule has 2 amide bonds. The Bertz CT molecular complexity index is 1500. The number of benzene rings is 4. The molecule has 6 nitrogen and oxygen atoms in total. The molecule has 200 valence electrons. The van der Waals surface area contributed by atoms with E-state index in [0.717, 1.165) is 28.6 Å². The molecule has 1 aliphatic rings. The minimum absolute atomic E-state index is 0.00979. The lowest BCUT2D eigenvalue weighted by molar-refractivity contribution is 0.0746. The van der Waals surface area contributed by atoms with Gasteiger partial charge in [-0.05, 0) is 66.4 Å². The third-order valence-corrected chi connectivity index (χ3v) is 7.43. The number of halogens is 2. The van der Waals surface area contributed by atoms with Crippen molar-refractivity contribution >= 4 is 57.2 Å². The van der Waals surface area contributed by atoms with Crippen molar-refractivity contribution in [2.75, 3.05) is 43.0 Å². The van der Waals surface area contributed by atoms with Crippen LogP contribution >= 0.6 is 23.2 Å². The van der Waals surface area contributed by atoms with Crippen molar-refractivity contribution in [3.63, 3.8) is 0 Å². The van der Waals surface area contributed by atoms with Crippen molar-refractivity contribution in [3.8, 4) is 5.75 Å². The Morgan fingerprint density at radius 3 is 2.28 bits per heavy atom.